The van der Waals surface area contributed by atoms with Crippen molar-refractivity contribution in [3.8, 4) is 0 Å². The Balaban J connectivity index is 1.85. The predicted molar refractivity (Wildman–Crippen MR) is 86.8 cm³/mol. The van der Waals surface area contributed by atoms with Crippen molar-refractivity contribution in [2.24, 2.45) is 0 Å². The summed E-state index contributed by atoms with van der Waals surface area (Å²) < 4.78 is 41.4. The molecule has 0 saturated carbocycles. The third-order valence-corrected chi connectivity index (χ3v) is 3.60. The number of rotatable bonds is 4. The number of halogens is 3. The highest BCUT2D eigenvalue weighted by Gasteiger charge is 2.15. The van der Waals surface area contributed by atoms with E-state index in [4.69, 9.17) is 0 Å². The van der Waals surface area contributed by atoms with Crippen LogP contribution in [-0.2, 0) is 6.54 Å². The van der Waals surface area contributed by atoms with Crippen molar-refractivity contribution in [2.75, 3.05) is 5.32 Å². The maximum atomic E-state index is 13.3. The normalized spacial score (nSPS) is 10.7. The summed E-state index contributed by atoms with van der Waals surface area (Å²) >= 11 is 0. The maximum absolute atomic E-state index is 13.3. The topological polar surface area (TPSA) is 46.9 Å². The Hall–Kier alpha value is -3.09. The van der Waals surface area contributed by atoms with Crippen molar-refractivity contribution >= 4 is 11.7 Å². The van der Waals surface area contributed by atoms with Gasteiger partial charge in [0.2, 0.25) is 0 Å². The molecule has 1 aromatic heterocycles. The van der Waals surface area contributed by atoms with E-state index in [1.807, 2.05) is 0 Å². The van der Waals surface area contributed by atoms with Gasteiger partial charge in [0.15, 0.2) is 0 Å². The fourth-order valence-corrected chi connectivity index (χ4v) is 2.43. The molecular formula is C18H14F3N3O. The monoisotopic (exact) mass is 345 g/mol. The third-order valence-electron chi connectivity index (χ3n) is 3.60. The first-order valence-corrected chi connectivity index (χ1v) is 7.46. The van der Waals surface area contributed by atoms with Crippen LogP contribution in [0.4, 0.5) is 19.0 Å². The van der Waals surface area contributed by atoms with E-state index in [1.54, 1.807) is 25.3 Å². The van der Waals surface area contributed by atoms with Gasteiger partial charge >= 0.3 is 0 Å². The molecule has 0 atom stereocenters. The second-order valence-electron chi connectivity index (χ2n) is 5.58. The van der Waals surface area contributed by atoms with Gasteiger partial charge in [-0.05, 0) is 36.8 Å². The van der Waals surface area contributed by atoms with Crippen LogP contribution < -0.4 is 5.32 Å². The van der Waals surface area contributed by atoms with Crippen LogP contribution in [-0.4, -0.2) is 15.7 Å². The quantitative estimate of drug-likeness (QED) is 0.779. The molecule has 3 aromatic rings. The number of hydrogen-bond donors (Lipinski definition) is 1. The zero-order valence-electron chi connectivity index (χ0n) is 13.3. The summed E-state index contributed by atoms with van der Waals surface area (Å²) in [4.78, 5) is 12.3. The lowest BCUT2D eigenvalue weighted by Gasteiger charge is -2.11. The summed E-state index contributed by atoms with van der Waals surface area (Å²) in [5, 5.41) is 6.75. The van der Waals surface area contributed by atoms with Crippen molar-refractivity contribution in [2.45, 2.75) is 13.5 Å². The number of anilines is 1. The van der Waals surface area contributed by atoms with Crippen molar-refractivity contribution in [3.05, 3.63) is 82.8 Å². The smallest absolute Gasteiger partial charge is 0.257 e. The third kappa shape index (κ3) is 3.88. The number of aryl methyl sites for hydroxylation is 1. The Morgan fingerprint density at radius 1 is 1.08 bits per heavy atom. The number of hydrogen-bond acceptors (Lipinski definition) is 2. The molecule has 4 nitrogen and oxygen atoms in total. The zero-order valence-corrected chi connectivity index (χ0v) is 13.3. The summed E-state index contributed by atoms with van der Waals surface area (Å²) in [7, 11) is 0. The van der Waals surface area contributed by atoms with Gasteiger partial charge in [-0.3, -0.25) is 4.79 Å². The van der Waals surface area contributed by atoms with E-state index in [-0.39, 0.29) is 17.9 Å². The summed E-state index contributed by atoms with van der Waals surface area (Å²) in [5.74, 6) is -2.34. The summed E-state index contributed by atoms with van der Waals surface area (Å²) in [6.07, 6.45) is 1.54. The minimum Gasteiger partial charge on any atom is -0.307 e. The van der Waals surface area contributed by atoms with Crippen LogP contribution in [0.25, 0.3) is 0 Å². The Kier molecular flexibility index (Phi) is 4.56. The number of carbonyl (C=O) groups excluding carboxylic acids is 1. The molecule has 0 radical (unpaired) electrons. The van der Waals surface area contributed by atoms with Gasteiger partial charge in [0, 0.05) is 17.2 Å². The summed E-state index contributed by atoms with van der Waals surface area (Å²) in [5.41, 5.74) is 1.19. The molecule has 3 rings (SSSR count). The van der Waals surface area contributed by atoms with Gasteiger partial charge in [0.1, 0.15) is 23.3 Å². The number of nitrogens with zero attached hydrogens (tertiary/aromatic N) is 2. The van der Waals surface area contributed by atoms with Crippen molar-refractivity contribution < 1.29 is 18.0 Å². The van der Waals surface area contributed by atoms with Gasteiger partial charge in [-0.25, -0.2) is 17.9 Å². The van der Waals surface area contributed by atoms with E-state index in [9.17, 15) is 18.0 Å². The highest BCUT2D eigenvalue weighted by atomic mass is 19.1. The molecule has 7 heteroatoms. The minimum absolute atomic E-state index is 0.143. The highest BCUT2D eigenvalue weighted by molar-refractivity contribution is 6.04. The first-order chi connectivity index (χ1) is 11.9. The van der Waals surface area contributed by atoms with Gasteiger partial charge in [-0.1, -0.05) is 12.1 Å². The van der Waals surface area contributed by atoms with Crippen LogP contribution in [0, 0.1) is 24.4 Å². The van der Waals surface area contributed by atoms with E-state index in [1.165, 1.54) is 16.8 Å². The molecule has 0 saturated heterocycles. The average molecular weight is 345 g/mol. The Labute approximate surface area is 141 Å². The fourth-order valence-electron chi connectivity index (χ4n) is 2.43. The molecule has 0 bridgehead atoms. The van der Waals surface area contributed by atoms with E-state index in [0.29, 0.717) is 23.0 Å². The molecule has 0 unspecified atom stereocenters. The Morgan fingerprint density at radius 2 is 1.80 bits per heavy atom. The van der Waals surface area contributed by atoms with Gasteiger partial charge in [0.25, 0.3) is 5.91 Å². The molecule has 128 valence electrons. The second kappa shape index (κ2) is 6.80. The van der Waals surface area contributed by atoms with Crippen molar-refractivity contribution in [1.82, 2.24) is 9.78 Å². The van der Waals surface area contributed by atoms with Crippen LogP contribution >= 0.6 is 0 Å². The molecule has 1 heterocycles. The molecule has 0 aliphatic rings. The highest BCUT2D eigenvalue weighted by Crippen LogP contribution is 2.18. The Bertz CT molecular complexity index is 917. The fraction of sp³-hybridized carbons (Fsp3) is 0.111. The largest absolute Gasteiger partial charge is 0.307 e. The average Bonchev–Trinajstić information content (AvgIpc) is 2.87. The summed E-state index contributed by atoms with van der Waals surface area (Å²) in [6.45, 7) is 1.97. The number of carbonyl (C=O) groups is 1. The maximum Gasteiger partial charge on any atom is 0.257 e. The van der Waals surface area contributed by atoms with E-state index >= 15 is 0 Å². The van der Waals surface area contributed by atoms with Gasteiger partial charge in [-0.15, -0.1) is 0 Å². The van der Waals surface area contributed by atoms with Gasteiger partial charge in [-0.2, -0.15) is 5.10 Å². The van der Waals surface area contributed by atoms with Crippen LogP contribution in [0.5, 0.6) is 0 Å². The molecule has 0 spiro atoms. The van der Waals surface area contributed by atoms with Crippen molar-refractivity contribution in [3.63, 3.8) is 0 Å². The second-order valence-corrected chi connectivity index (χ2v) is 5.58. The zero-order chi connectivity index (χ0) is 18.0. The lowest BCUT2D eigenvalue weighted by Crippen LogP contribution is -2.17. The van der Waals surface area contributed by atoms with E-state index in [2.05, 4.69) is 10.4 Å². The molecular weight excluding hydrogens is 331 g/mol. The molecule has 1 N–H and O–H groups in total. The lowest BCUT2D eigenvalue weighted by molar-refractivity contribution is 0.102. The predicted octanol–water partition coefficient (Wildman–Crippen LogP) is 3.91. The minimum atomic E-state index is -0.838. The van der Waals surface area contributed by atoms with Crippen LogP contribution in [0.1, 0.15) is 21.5 Å². The van der Waals surface area contributed by atoms with E-state index < -0.39 is 17.5 Å². The number of amides is 1. The van der Waals surface area contributed by atoms with E-state index in [0.717, 1.165) is 12.1 Å². The molecule has 0 fully saturated rings. The van der Waals surface area contributed by atoms with Gasteiger partial charge in [0.05, 0.1) is 12.7 Å². The van der Waals surface area contributed by atoms with Gasteiger partial charge < -0.3 is 5.32 Å². The summed E-state index contributed by atoms with van der Waals surface area (Å²) in [6, 6.07) is 8.59. The standard InChI is InChI=1S/C18H14F3N3O/c1-11-9-22-24(10-12-3-2-4-14(19)5-12)17(11)23-18(25)13-6-15(20)8-16(21)7-13/h2-9H,10H2,1H3,(H,23,25). The number of benzene rings is 2. The molecule has 0 aliphatic carbocycles. The van der Waals surface area contributed by atoms with Crippen molar-refractivity contribution in [1.29, 1.82) is 0 Å². The SMILES string of the molecule is Cc1cnn(Cc2cccc(F)c2)c1NC(=O)c1cc(F)cc(F)c1. The molecule has 0 aliphatic heterocycles. The lowest BCUT2D eigenvalue weighted by atomic mass is 10.2. The first-order valence-electron chi connectivity index (χ1n) is 7.46. The van der Waals surface area contributed by atoms with Crippen LogP contribution in [0.2, 0.25) is 0 Å². The van der Waals surface area contributed by atoms with Crippen LogP contribution in [0.15, 0.2) is 48.7 Å². The first kappa shape index (κ1) is 16.8. The van der Waals surface area contributed by atoms with Crippen LogP contribution in [0.3, 0.4) is 0 Å². The molecule has 1 amide bonds. The number of aromatic nitrogens is 2. The Morgan fingerprint density at radius 3 is 2.48 bits per heavy atom. The molecule has 2 aromatic carbocycles. The molecule has 25 heavy (non-hydrogen) atoms. The number of nitrogens with one attached hydrogen (secondary N) is 1.